The lowest BCUT2D eigenvalue weighted by molar-refractivity contribution is 0.237. The first-order valence-electron chi connectivity index (χ1n) is 6.96. The summed E-state index contributed by atoms with van der Waals surface area (Å²) in [4.78, 5) is 2.44. The quantitative estimate of drug-likeness (QED) is 0.878. The second-order valence-corrected chi connectivity index (χ2v) is 5.68. The summed E-state index contributed by atoms with van der Waals surface area (Å²) in [5.41, 5.74) is 3.86. The minimum absolute atomic E-state index is 0.807. The molecule has 0 radical (unpaired) electrons. The van der Waals surface area contributed by atoms with Gasteiger partial charge in [0.2, 0.25) is 0 Å². The summed E-state index contributed by atoms with van der Waals surface area (Å²) >= 11 is 0. The summed E-state index contributed by atoms with van der Waals surface area (Å²) in [6.45, 7) is 8.84. The second kappa shape index (κ2) is 5.85. The maximum absolute atomic E-state index is 4.49. The average molecular weight is 250 g/mol. The van der Waals surface area contributed by atoms with Gasteiger partial charge in [0.1, 0.15) is 0 Å². The van der Waals surface area contributed by atoms with Crippen molar-refractivity contribution in [3.8, 4) is 0 Å². The van der Waals surface area contributed by atoms with Crippen LogP contribution in [0.1, 0.15) is 29.8 Å². The van der Waals surface area contributed by atoms with Crippen molar-refractivity contribution >= 4 is 0 Å². The molecule has 4 nitrogen and oxygen atoms in total. The van der Waals surface area contributed by atoms with E-state index in [1.165, 1.54) is 49.4 Å². The molecule has 0 aromatic carbocycles. The number of hydrogen-bond donors (Lipinski definition) is 1. The van der Waals surface area contributed by atoms with Crippen molar-refractivity contribution < 1.29 is 0 Å². The molecule has 2 heterocycles. The molecule has 18 heavy (non-hydrogen) atoms. The van der Waals surface area contributed by atoms with E-state index in [4.69, 9.17) is 0 Å². The summed E-state index contributed by atoms with van der Waals surface area (Å²) in [5.74, 6) is 0.807. The molecule has 1 atom stereocenters. The molecule has 1 fully saturated rings. The SMILES string of the molecule is Cc1nn(C)c(C)c1CN(C)CC1CCCNC1. The third-order valence-electron chi connectivity index (χ3n) is 4.06. The predicted octanol–water partition coefficient (Wildman–Crippen LogP) is 1.47. The maximum atomic E-state index is 4.49. The molecule has 0 saturated carbocycles. The fourth-order valence-corrected chi connectivity index (χ4v) is 2.90. The van der Waals surface area contributed by atoms with Crippen molar-refractivity contribution in [3.63, 3.8) is 0 Å². The van der Waals surface area contributed by atoms with E-state index in [2.05, 4.69) is 36.2 Å². The number of hydrogen-bond acceptors (Lipinski definition) is 3. The molecule has 0 bridgehead atoms. The van der Waals surface area contributed by atoms with Crippen LogP contribution in [0.5, 0.6) is 0 Å². The van der Waals surface area contributed by atoms with E-state index in [-0.39, 0.29) is 0 Å². The summed E-state index contributed by atoms with van der Waals surface area (Å²) < 4.78 is 1.99. The largest absolute Gasteiger partial charge is 0.316 e. The van der Waals surface area contributed by atoms with E-state index in [1.54, 1.807) is 0 Å². The van der Waals surface area contributed by atoms with Gasteiger partial charge in [0.25, 0.3) is 0 Å². The van der Waals surface area contributed by atoms with Crippen molar-refractivity contribution in [2.45, 2.75) is 33.2 Å². The number of aromatic nitrogens is 2. The van der Waals surface area contributed by atoms with Gasteiger partial charge in [0.05, 0.1) is 5.69 Å². The van der Waals surface area contributed by atoms with E-state index in [9.17, 15) is 0 Å². The van der Waals surface area contributed by atoms with Gasteiger partial charge in [0, 0.05) is 31.4 Å². The third-order valence-corrected chi connectivity index (χ3v) is 4.06. The first kappa shape index (κ1) is 13.6. The Morgan fingerprint density at radius 2 is 2.22 bits per heavy atom. The number of rotatable bonds is 4. The molecule has 1 unspecified atom stereocenters. The molecular weight excluding hydrogens is 224 g/mol. The van der Waals surface area contributed by atoms with Crippen LogP contribution in [0.3, 0.4) is 0 Å². The van der Waals surface area contributed by atoms with Crippen LogP contribution < -0.4 is 5.32 Å². The molecule has 102 valence electrons. The van der Waals surface area contributed by atoms with Crippen LogP contribution in [0.25, 0.3) is 0 Å². The molecule has 1 aliphatic rings. The molecule has 1 saturated heterocycles. The summed E-state index contributed by atoms with van der Waals surface area (Å²) in [5, 5.41) is 7.98. The van der Waals surface area contributed by atoms with E-state index in [0.29, 0.717) is 0 Å². The Bertz CT molecular complexity index is 391. The number of nitrogens with one attached hydrogen (secondary N) is 1. The molecule has 4 heteroatoms. The molecule has 1 N–H and O–H groups in total. The van der Waals surface area contributed by atoms with Gasteiger partial charge in [-0.25, -0.2) is 0 Å². The topological polar surface area (TPSA) is 33.1 Å². The zero-order chi connectivity index (χ0) is 13.1. The number of aryl methyl sites for hydroxylation is 2. The van der Waals surface area contributed by atoms with Gasteiger partial charge in [-0.05, 0) is 52.7 Å². The number of nitrogens with zero attached hydrogens (tertiary/aromatic N) is 3. The van der Waals surface area contributed by atoms with Gasteiger partial charge < -0.3 is 10.2 Å². The van der Waals surface area contributed by atoms with Crippen LogP contribution in [0, 0.1) is 19.8 Å². The first-order chi connectivity index (χ1) is 8.58. The first-order valence-corrected chi connectivity index (χ1v) is 6.96. The lowest BCUT2D eigenvalue weighted by Crippen LogP contribution is -2.36. The highest BCUT2D eigenvalue weighted by molar-refractivity contribution is 5.24. The van der Waals surface area contributed by atoms with Crippen molar-refractivity contribution in [1.29, 1.82) is 0 Å². The fourth-order valence-electron chi connectivity index (χ4n) is 2.90. The average Bonchev–Trinajstić information content (AvgIpc) is 2.57. The van der Waals surface area contributed by atoms with Gasteiger partial charge in [-0.15, -0.1) is 0 Å². The van der Waals surface area contributed by atoms with Gasteiger partial charge in [0.15, 0.2) is 0 Å². The minimum atomic E-state index is 0.807. The van der Waals surface area contributed by atoms with Gasteiger partial charge in [-0.1, -0.05) is 0 Å². The highest BCUT2D eigenvalue weighted by Gasteiger charge is 2.17. The zero-order valence-corrected chi connectivity index (χ0v) is 12.2. The summed E-state index contributed by atoms with van der Waals surface area (Å²) in [6.07, 6.45) is 2.69. The smallest absolute Gasteiger partial charge is 0.0641 e. The van der Waals surface area contributed by atoms with E-state index < -0.39 is 0 Å². The van der Waals surface area contributed by atoms with Gasteiger partial charge in [-0.3, -0.25) is 4.68 Å². The van der Waals surface area contributed by atoms with E-state index in [0.717, 1.165) is 12.5 Å². The maximum Gasteiger partial charge on any atom is 0.0641 e. The molecule has 1 aliphatic heterocycles. The monoisotopic (exact) mass is 250 g/mol. The predicted molar refractivity (Wildman–Crippen MR) is 74.6 cm³/mol. The van der Waals surface area contributed by atoms with Crippen LogP contribution in [-0.4, -0.2) is 41.4 Å². The van der Waals surface area contributed by atoms with Crippen molar-refractivity contribution in [3.05, 3.63) is 17.0 Å². The molecule has 0 spiro atoms. The molecule has 0 aliphatic carbocycles. The summed E-state index contributed by atoms with van der Waals surface area (Å²) in [6, 6.07) is 0. The lowest BCUT2D eigenvalue weighted by Gasteiger charge is -2.27. The normalized spacial score (nSPS) is 20.6. The van der Waals surface area contributed by atoms with Crippen LogP contribution in [0.15, 0.2) is 0 Å². The van der Waals surface area contributed by atoms with Crippen LogP contribution in [0.4, 0.5) is 0 Å². The zero-order valence-electron chi connectivity index (χ0n) is 12.2. The van der Waals surface area contributed by atoms with E-state index in [1.807, 2.05) is 11.7 Å². The highest BCUT2D eigenvalue weighted by atomic mass is 15.3. The van der Waals surface area contributed by atoms with Crippen molar-refractivity contribution in [1.82, 2.24) is 20.0 Å². The molecule has 1 aromatic rings. The lowest BCUT2D eigenvalue weighted by atomic mass is 9.99. The Morgan fingerprint density at radius 1 is 1.44 bits per heavy atom. The Morgan fingerprint density at radius 3 is 2.78 bits per heavy atom. The Labute approximate surface area is 110 Å². The number of piperidine rings is 1. The highest BCUT2D eigenvalue weighted by Crippen LogP contribution is 2.16. The van der Waals surface area contributed by atoms with Crippen LogP contribution in [-0.2, 0) is 13.6 Å². The van der Waals surface area contributed by atoms with Crippen molar-refractivity contribution in [2.75, 3.05) is 26.7 Å². The van der Waals surface area contributed by atoms with Crippen LogP contribution >= 0.6 is 0 Å². The van der Waals surface area contributed by atoms with Gasteiger partial charge in [-0.2, -0.15) is 5.10 Å². The second-order valence-electron chi connectivity index (χ2n) is 5.68. The Kier molecular flexibility index (Phi) is 4.40. The van der Waals surface area contributed by atoms with Crippen molar-refractivity contribution in [2.24, 2.45) is 13.0 Å². The van der Waals surface area contributed by atoms with Crippen LogP contribution in [0.2, 0.25) is 0 Å². The summed E-state index contributed by atoms with van der Waals surface area (Å²) in [7, 11) is 4.25. The van der Waals surface area contributed by atoms with E-state index >= 15 is 0 Å². The Hall–Kier alpha value is -0.870. The molecule has 0 amide bonds. The standard InChI is InChI=1S/C14H26N4/c1-11-14(12(2)18(4)16-11)10-17(3)9-13-6-5-7-15-8-13/h13,15H,5-10H2,1-4H3. The fraction of sp³-hybridized carbons (Fsp3) is 0.786. The Balaban J connectivity index is 1.91. The molecule has 2 rings (SSSR count). The molecule has 1 aromatic heterocycles. The third kappa shape index (κ3) is 3.12. The molecular formula is C14H26N4. The minimum Gasteiger partial charge on any atom is -0.316 e. The van der Waals surface area contributed by atoms with Gasteiger partial charge >= 0.3 is 0 Å².